The Morgan fingerprint density at radius 1 is 0.662 bits per heavy atom. The van der Waals surface area contributed by atoms with Gasteiger partial charge in [0.05, 0.1) is 12.2 Å². The van der Waals surface area contributed by atoms with Gasteiger partial charge in [0.2, 0.25) is 0 Å². The van der Waals surface area contributed by atoms with E-state index in [1.165, 1.54) is 53.9 Å². The number of aliphatic hydroxyl groups is 1. The molecule has 0 radical (unpaired) electrons. The van der Waals surface area contributed by atoms with Crippen molar-refractivity contribution in [3.63, 3.8) is 0 Å². The van der Waals surface area contributed by atoms with E-state index < -0.39 is 0 Å². The number of rotatable bonds is 14. The number of hydrogen-bond acceptors (Lipinski definition) is 3. The highest BCUT2D eigenvalue weighted by Crippen LogP contribution is 2.31. The molecule has 0 bridgehead atoms. The van der Waals surface area contributed by atoms with E-state index in [1.54, 1.807) is 19.0 Å². The second-order valence-electron chi connectivity index (χ2n) is 20.4. The fraction of sp³-hybridized carbons (Fsp3) is 0.702. The molecule has 7 nitrogen and oxygen atoms in total. The summed E-state index contributed by atoms with van der Waals surface area (Å²) in [5.41, 5.74) is 7.01. The Bertz CT molecular complexity index is 1840. The second-order valence-corrected chi connectivity index (χ2v) is 20.8. The van der Waals surface area contributed by atoms with Gasteiger partial charge >= 0.3 is 0 Å². The molecule has 4 aromatic rings. The third-order valence-electron chi connectivity index (χ3n) is 10.9. The van der Waals surface area contributed by atoms with Crippen molar-refractivity contribution in [2.45, 2.75) is 211 Å². The van der Waals surface area contributed by atoms with Crippen molar-refractivity contribution in [2.24, 2.45) is 29.6 Å². The molecular weight excluding hydrogens is 822 g/mol. The lowest BCUT2D eigenvalue weighted by molar-refractivity contribution is 0.0827. The van der Waals surface area contributed by atoms with Crippen LogP contribution in [0.4, 0.5) is 0 Å². The highest BCUT2D eigenvalue weighted by atomic mass is 35.5. The summed E-state index contributed by atoms with van der Waals surface area (Å²) in [7, 11) is 3.58. The number of halogens is 1. The number of likely N-dealkylation sites (tertiary alicyclic amines) is 1. The number of amides is 1. The Balaban J connectivity index is -0.000000375. The molecule has 1 atom stereocenters. The molecule has 8 heteroatoms. The lowest BCUT2D eigenvalue weighted by Crippen LogP contribution is -2.35. The first kappa shape index (κ1) is 68.6. The van der Waals surface area contributed by atoms with Gasteiger partial charge in [0.1, 0.15) is 0 Å². The van der Waals surface area contributed by atoms with Gasteiger partial charge in [0, 0.05) is 91.7 Å². The minimum atomic E-state index is 0. The molecule has 380 valence electrons. The normalized spacial score (nSPS) is 13.4. The summed E-state index contributed by atoms with van der Waals surface area (Å²) >= 11 is 6.27. The van der Waals surface area contributed by atoms with Crippen LogP contribution in [-0.4, -0.2) is 67.7 Å². The number of aliphatic hydroxyl groups excluding tert-OH is 1. The Labute approximate surface area is 409 Å². The quantitative estimate of drug-likeness (QED) is 0.137. The highest BCUT2D eigenvalue weighted by Gasteiger charge is 2.27. The van der Waals surface area contributed by atoms with E-state index >= 15 is 0 Å². The summed E-state index contributed by atoms with van der Waals surface area (Å²) in [6.07, 6.45) is 6.88. The molecule has 1 aliphatic heterocycles. The average Bonchev–Trinajstić information content (AvgIpc) is 3.94. The van der Waals surface area contributed by atoms with Crippen LogP contribution in [-0.2, 0) is 26.2 Å². The molecule has 3 aromatic heterocycles. The van der Waals surface area contributed by atoms with E-state index in [1.807, 2.05) is 24.4 Å². The lowest BCUT2D eigenvalue weighted by atomic mass is 10.0. The molecule has 1 unspecified atom stereocenters. The average molecular weight is 931 g/mol. The third kappa shape index (κ3) is 21.7. The number of benzene rings is 1. The van der Waals surface area contributed by atoms with Crippen LogP contribution in [0, 0.1) is 29.6 Å². The highest BCUT2D eigenvalue weighted by molar-refractivity contribution is 6.35. The summed E-state index contributed by atoms with van der Waals surface area (Å²) in [4.78, 5) is 16.2. The first-order valence-electron chi connectivity index (χ1n) is 23.2. The van der Waals surface area contributed by atoms with Crippen LogP contribution in [0.5, 0.6) is 0 Å². The number of hydrogen-bond donors (Lipinski definition) is 1. The molecule has 65 heavy (non-hydrogen) atoms. The van der Waals surface area contributed by atoms with Gasteiger partial charge in [0.15, 0.2) is 0 Å². The van der Waals surface area contributed by atoms with Crippen LogP contribution in [0.1, 0.15) is 212 Å². The maximum Gasteiger partial charge on any atom is 0.254 e. The Morgan fingerprint density at radius 2 is 1.14 bits per heavy atom. The lowest BCUT2D eigenvalue weighted by Gasteiger charge is -2.28. The minimum absolute atomic E-state index is 0. The molecule has 1 N–H and O–H groups in total. The Hall–Kier alpha value is -3.00. The third-order valence-corrected chi connectivity index (χ3v) is 11.2. The molecule has 1 saturated heterocycles. The topological polar surface area (TPSA) is 58.6 Å². The van der Waals surface area contributed by atoms with Crippen molar-refractivity contribution in [1.82, 2.24) is 23.5 Å². The summed E-state index contributed by atoms with van der Waals surface area (Å²) in [5, 5.41) is 11.1. The van der Waals surface area contributed by atoms with Crippen molar-refractivity contribution in [3.8, 4) is 0 Å². The summed E-state index contributed by atoms with van der Waals surface area (Å²) in [5.74, 6) is 5.10. The predicted octanol–water partition coefficient (Wildman–Crippen LogP) is 16.7. The zero-order chi connectivity index (χ0) is 45.6. The first-order valence-corrected chi connectivity index (χ1v) is 23.6. The largest absolute Gasteiger partial charge is 0.392 e. The molecule has 4 heterocycles. The zero-order valence-electron chi connectivity index (χ0n) is 41.4. The monoisotopic (exact) mass is 930 g/mol. The summed E-state index contributed by atoms with van der Waals surface area (Å²) < 4.78 is 6.89. The molecule has 0 aliphatic carbocycles. The van der Waals surface area contributed by atoms with Crippen LogP contribution >= 0.6 is 11.6 Å². The molecular formula is C57H108ClN5O2. The van der Waals surface area contributed by atoms with Crippen molar-refractivity contribution in [2.75, 3.05) is 27.2 Å². The summed E-state index contributed by atoms with van der Waals surface area (Å²) in [6, 6.07) is 13.4. The van der Waals surface area contributed by atoms with Crippen molar-refractivity contribution in [3.05, 3.63) is 82.0 Å². The minimum Gasteiger partial charge on any atom is -0.392 e. The van der Waals surface area contributed by atoms with Crippen molar-refractivity contribution < 1.29 is 9.90 Å². The van der Waals surface area contributed by atoms with E-state index in [4.69, 9.17) is 16.7 Å². The maximum absolute atomic E-state index is 11.9. The molecule has 5 rings (SSSR count). The molecule has 0 spiro atoms. The van der Waals surface area contributed by atoms with Gasteiger partial charge < -0.3 is 23.7 Å². The SMILES string of the molecule is C.C.C.C.C.CC(C)CN1CCCC1C(C)C.CC(C)Cn1c(C(C)C)cc2c(Cl)cccc21.CC(C)Cn1cc(C(=O)N(C)C)cc1C(C)C.CC(C)Cn1cc(CO)cc1C(C)C. The first-order chi connectivity index (χ1) is 28.0. The van der Waals surface area contributed by atoms with Gasteiger partial charge in [-0.2, -0.15) is 0 Å². The molecule has 1 aromatic carbocycles. The standard InChI is InChI=1S/C15H20ClN.C14H24N2O.C12H21NO.C11H23N.5CH4/c1-10(2)9-17-14-7-5-6-13(16)12(14)8-15(17)11(3)4;1-10(2)8-16-9-12(14(17)15(5)6)7-13(16)11(3)4;1-9(2)6-13-7-11(8-14)5-12(13)10(3)4;1-9(2)8-12-7-5-6-11(12)10(3)4;;;;;/h5-8,10-11H,9H2,1-4H3;7,9-11H,8H2,1-6H3;5,7,9-10,14H,6,8H2,1-4H3;9-11H,5-8H2,1-4H3;5*1H4. The van der Waals surface area contributed by atoms with Gasteiger partial charge in [-0.15, -0.1) is 0 Å². The Morgan fingerprint density at radius 3 is 1.57 bits per heavy atom. The van der Waals surface area contributed by atoms with E-state index in [2.05, 4.69) is 154 Å². The van der Waals surface area contributed by atoms with E-state index in [9.17, 15) is 4.79 Å². The number of carbonyl (C=O) groups is 1. The number of aromatic nitrogens is 3. The van der Waals surface area contributed by atoms with Crippen molar-refractivity contribution >= 4 is 28.4 Å². The molecule has 1 fully saturated rings. The van der Waals surface area contributed by atoms with Gasteiger partial charge in [-0.3, -0.25) is 9.69 Å². The van der Waals surface area contributed by atoms with Crippen molar-refractivity contribution in [1.29, 1.82) is 0 Å². The Kier molecular flexibility index (Phi) is 34.5. The number of nitrogens with zero attached hydrogens (tertiary/aromatic N) is 5. The van der Waals surface area contributed by atoms with Crippen LogP contribution in [0.25, 0.3) is 10.9 Å². The molecule has 1 amide bonds. The van der Waals surface area contributed by atoms with Crippen LogP contribution in [0.15, 0.2) is 48.8 Å². The fourth-order valence-corrected chi connectivity index (χ4v) is 8.51. The van der Waals surface area contributed by atoms with Crippen LogP contribution in [0.2, 0.25) is 5.02 Å². The summed E-state index contributed by atoms with van der Waals surface area (Å²) in [6.45, 7) is 41.6. The fourth-order valence-electron chi connectivity index (χ4n) is 8.29. The van der Waals surface area contributed by atoms with E-state index in [-0.39, 0.29) is 49.6 Å². The zero-order valence-corrected chi connectivity index (χ0v) is 42.2. The number of carbonyl (C=O) groups excluding carboxylic acids is 1. The van der Waals surface area contributed by atoms with Gasteiger partial charge in [-0.05, 0) is 103 Å². The molecule has 1 aliphatic rings. The van der Waals surface area contributed by atoms with Gasteiger partial charge in [-0.25, -0.2) is 0 Å². The second kappa shape index (κ2) is 32.7. The van der Waals surface area contributed by atoms with Gasteiger partial charge in [-0.1, -0.05) is 166 Å². The van der Waals surface area contributed by atoms with E-state index in [0.717, 1.165) is 53.7 Å². The van der Waals surface area contributed by atoms with Crippen LogP contribution in [0.3, 0.4) is 0 Å². The smallest absolute Gasteiger partial charge is 0.254 e. The van der Waals surface area contributed by atoms with Crippen LogP contribution < -0.4 is 0 Å². The number of fused-ring (bicyclic) bond motifs is 1. The van der Waals surface area contributed by atoms with E-state index in [0.29, 0.717) is 35.5 Å². The predicted molar refractivity (Wildman–Crippen MR) is 294 cm³/mol. The molecule has 0 saturated carbocycles. The van der Waals surface area contributed by atoms with Gasteiger partial charge in [0.25, 0.3) is 5.91 Å². The maximum atomic E-state index is 11.9.